The molecule has 0 aliphatic rings. The highest BCUT2D eigenvalue weighted by molar-refractivity contribution is 6.31. The topological polar surface area (TPSA) is 12.5 Å². The number of methoxy groups -OCH3 is 1. The Kier molecular flexibility index (Phi) is 5.96. The van der Waals surface area contributed by atoms with Crippen molar-refractivity contribution < 1.29 is 4.74 Å². The Bertz CT molecular complexity index is 331. The molecule has 0 atom stereocenters. The average Bonchev–Trinajstić information content (AvgIpc) is 2.29. The third kappa shape index (κ3) is 3.85. The molecule has 0 aliphatic heterocycles. The normalized spacial score (nSPS) is 10.5. The molecule has 0 heterocycles. The summed E-state index contributed by atoms with van der Waals surface area (Å²) in [7, 11) is 3.75. The minimum absolute atomic E-state index is 0.501. The van der Waals surface area contributed by atoms with Crippen LogP contribution in [0.1, 0.15) is 12.0 Å². The van der Waals surface area contributed by atoms with E-state index in [0.29, 0.717) is 5.88 Å². The fourth-order valence-electron chi connectivity index (χ4n) is 1.57. The summed E-state index contributed by atoms with van der Waals surface area (Å²) in [5.41, 5.74) is 2.20. The zero-order chi connectivity index (χ0) is 12.0. The van der Waals surface area contributed by atoms with Crippen LogP contribution >= 0.6 is 23.2 Å². The van der Waals surface area contributed by atoms with Gasteiger partial charge >= 0.3 is 0 Å². The van der Waals surface area contributed by atoms with Gasteiger partial charge in [-0.25, -0.2) is 0 Å². The molecule has 0 amide bonds. The third-order valence-corrected chi connectivity index (χ3v) is 2.97. The lowest BCUT2D eigenvalue weighted by atomic mass is 10.2. The van der Waals surface area contributed by atoms with Crippen LogP contribution in [0.15, 0.2) is 18.2 Å². The number of anilines is 1. The average molecular weight is 262 g/mol. The van der Waals surface area contributed by atoms with E-state index in [4.69, 9.17) is 27.9 Å². The Morgan fingerprint density at radius 1 is 1.38 bits per heavy atom. The Labute approximate surface area is 107 Å². The molecule has 0 spiro atoms. The van der Waals surface area contributed by atoms with Crippen molar-refractivity contribution in [2.45, 2.75) is 12.3 Å². The van der Waals surface area contributed by atoms with E-state index in [-0.39, 0.29) is 0 Å². The molecule has 0 unspecified atom stereocenters. The maximum atomic E-state index is 5.98. The molecule has 1 aromatic rings. The number of rotatable bonds is 6. The molecule has 0 aliphatic carbocycles. The molecule has 90 valence electrons. The molecular formula is C12H17Cl2NO. The fourth-order valence-corrected chi connectivity index (χ4v) is 1.96. The minimum atomic E-state index is 0.501. The van der Waals surface area contributed by atoms with Crippen LogP contribution in [-0.2, 0) is 10.6 Å². The minimum Gasteiger partial charge on any atom is -0.385 e. The summed E-state index contributed by atoms with van der Waals surface area (Å²) in [6.07, 6.45) is 0.987. The summed E-state index contributed by atoms with van der Waals surface area (Å²) in [5, 5.41) is 0.738. The first-order valence-electron chi connectivity index (χ1n) is 5.23. The van der Waals surface area contributed by atoms with E-state index in [1.807, 2.05) is 25.2 Å². The van der Waals surface area contributed by atoms with E-state index in [0.717, 1.165) is 35.8 Å². The second-order valence-electron chi connectivity index (χ2n) is 3.67. The summed E-state index contributed by atoms with van der Waals surface area (Å²) in [6, 6.07) is 5.79. The van der Waals surface area contributed by atoms with Gasteiger partial charge in [0.2, 0.25) is 0 Å². The summed E-state index contributed by atoms with van der Waals surface area (Å²) >= 11 is 11.9. The van der Waals surface area contributed by atoms with Crippen LogP contribution in [-0.4, -0.2) is 27.3 Å². The van der Waals surface area contributed by atoms with Crippen LogP contribution in [0.2, 0.25) is 5.02 Å². The van der Waals surface area contributed by atoms with Gasteiger partial charge in [0.15, 0.2) is 0 Å². The number of nitrogens with zero attached hydrogens (tertiary/aromatic N) is 1. The van der Waals surface area contributed by atoms with Crippen LogP contribution in [0.4, 0.5) is 5.69 Å². The molecule has 16 heavy (non-hydrogen) atoms. The van der Waals surface area contributed by atoms with Crippen molar-refractivity contribution in [2.75, 3.05) is 32.2 Å². The van der Waals surface area contributed by atoms with Gasteiger partial charge in [0.25, 0.3) is 0 Å². The van der Waals surface area contributed by atoms with Gasteiger partial charge in [-0.05, 0) is 24.1 Å². The van der Waals surface area contributed by atoms with Crippen molar-refractivity contribution >= 4 is 28.9 Å². The first kappa shape index (κ1) is 13.6. The lowest BCUT2D eigenvalue weighted by molar-refractivity contribution is 0.196. The highest BCUT2D eigenvalue weighted by Gasteiger charge is 2.07. The van der Waals surface area contributed by atoms with Crippen molar-refractivity contribution in [3.05, 3.63) is 28.8 Å². The van der Waals surface area contributed by atoms with Crippen LogP contribution < -0.4 is 4.90 Å². The second kappa shape index (κ2) is 7.00. The Morgan fingerprint density at radius 3 is 2.75 bits per heavy atom. The van der Waals surface area contributed by atoms with Crippen LogP contribution in [0.25, 0.3) is 0 Å². The highest BCUT2D eigenvalue weighted by Crippen LogP contribution is 2.25. The van der Waals surface area contributed by atoms with Crippen molar-refractivity contribution in [2.24, 2.45) is 0 Å². The Morgan fingerprint density at radius 2 is 2.12 bits per heavy atom. The number of hydrogen-bond acceptors (Lipinski definition) is 2. The standard InChI is InChI=1S/C12H17Cl2NO/c1-15(6-3-7-16-2)12-8-11(14)5-4-10(12)9-13/h4-5,8H,3,6-7,9H2,1-2H3. The SMILES string of the molecule is COCCCN(C)c1cc(Cl)ccc1CCl. The van der Waals surface area contributed by atoms with E-state index in [9.17, 15) is 0 Å². The quantitative estimate of drug-likeness (QED) is 0.574. The van der Waals surface area contributed by atoms with Gasteiger partial charge in [0.05, 0.1) is 0 Å². The van der Waals surface area contributed by atoms with Crippen LogP contribution in [0.5, 0.6) is 0 Å². The fraction of sp³-hybridized carbons (Fsp3) is 0.500. The second-order valence-corrected chi connectivity index (χ2v) is 4.38. The molecule has 0 saturated heterocycles. The zero-order valence-corrected chi connectivity index (χ0v) is 11.2. The summed E-state index contributed by atoms with van der Waals surface area (Å²) in [4.78, 5) is 2.16. The van der Waals surface area contributed by atoms with E-state index in [2.05, 4.69) is 4.90 Å². The van der Waals surface area contributed by atoms with Gasteiger partial charge in [-0.15, -0.1) is 11.6 Å². The molecule has 0 N–H and O–H groups in total. The summed E-state index contributed by atoms with van der Waals surface area (Å²) in [6.45, 7) is 1.69. The lowest BCUT2D eigenvalue weighted by Crippen LogP contribution is -2.20. The highest BCUT2D eigenvalue weighted by atomic mass is 35.5. The monoisotopic (exact) mass is 261 g/mol. The van der Waals surface area contributed by atoms with Crippen molar-refractivity contribution in [3.8, 4) is 0 Å². The molecule has 0 saturated carbocycles. The van der Waals surface area contributed by atoms with Gasteiger partial charge < -0.3 is 9.64 Å². The summed E-state index contributed by atoms with van der Waals surface area (Å²) in [5.74, 6) is 0.501. The predicted octanol–water partition coefficient (Wildman–Crippen LogP) is 3.55. The van der Waals surface area contributed by atoms with E-state index in [1.165, 1.54) is 0 Å². The molecule has 0 bridgehead atoms. The Balaban J connectivity index is 2.72. The molecule has 2 nitrogen and oxygen atoms in total. The van der Waals surface area contributed by atoms with Gasteiger partial charge in [0.1, 0.15) is 0 Å². The number of alkyl halides is 1. The lowest BCUT2D eigenvalue weighted by Gasteiger charge is -2.22. The third-order valence-electron chi connectivity index (χ3n) is 2.44. The number of hydrogen-bond donors (Lipinski definition) is 0. The van der Waals surface area contributed by atoms with Crippen molar-refractivity contribution in [3.63, 3.8) is 0 Å². The number of ether oxygens (including phenoxy) is 1. The van der Waals surface area contributed by atoms with Gasteiger partial charge in [-0.3, -0.25) is 0 Å². The maximum Gasteiger partial charge on any atom is 0.0494 e. The van der Waals surface area contributed by atoms with Crippen molar-refractivity contribution in [1.29, 1.82) is 0 Å². The van der Waals surface area contributed by atoms with Gasteiger partial charge in [-0.1, -0.05) is 17.7 Å². The zero-order valence-electron chi connectivity index (χ0n) is 9.67. The largest absolute Gasteiger partial charge is 0.385 e. The first-order chi connectivity index (χ1) is 7.69. The van der Waals surface area contributed by atoms with Gasteiger partial charge in [-0.2, -0.15) is 0 Å². The van der Waals surface area contributed by atoms with Crippen LogP contribution in [0, 0.1) is 0 Å². The molecular weight excluding hydrogens is 245 g/mol. The van der Waals surface area contributed by atoms with Gasteiger partial charge in [0, 0.05) is 43.9 Å². The maximum absolute atomic E-state index is 5.98. The van der Waals surface area contributed by atoms with E-state index < -0.39 is 0 Å². The predicted molar refractivity (Wildman–Crippen MR) is 70.8 cm³/mol. The molecule has 0 fully saturated rings. The molecule has 1 aromatic carbocycles. The summed E-state index contributed by atoms with van der Waals surface area (Å²) < 4.78 is 5.03. The van der Waals surface area contributed by atoms with E-state index in [1.54, 1.807) is 7.11 Å². The number of benzene rings is 1. The molecule has 0 radical (unpaired) electrons. The van der Waals surface area contributed by atoms with Crippen molar-refractivity contribution in [1.82, 2.24) is 0 Å². The van der Waals surface area contributed by atoms with E-state index >= 15 is 0 Å². The smallest absolute Gasteiger partial charge is 0.0494 e. The van der Waals surface area contributed by atoms with Crippen LogP contribution in [0.3, 0.4) is 0 Å². The first-order valence-corrected chi connectivity index (χ1v) is 6.14. The molecule has 0 aromatic heterocycles. The number of halogens is 2. The Hall–Kier alpha value is -0.440. The molecule has 1 rings (SSSR count). The molecule has 4 heteroatoms.